The molecule has 1 aliphatic carbocycles. The van der Waals surface area contributed by atoms with Gasteiger partial charge in [0.2, 0.25) is 0 Å². The van der Waals surface area contributed by atoms with Crippen molar-refractivity contribution in [3.63, 3.8) is 0 Å². The third-order valence-electron chi connectivity index (χ3n) is 3.97. The molecule has 84 valence electrons. The Labute approximate surface area is 90.5 Å². The Balaban J connectivity index is 2.35. The molecular formula is C14H28. The van der Waals surface area contributed by atoms with Gasteiger partial charge in [0, 0.05) is 0 Å². The summed E-state index contributed by atoms with van der Waals surface area (Å²) < 4.78 is 0. The first-order valence-corrected chi connectivity index (χ1v) is 6.54. The van der Waals surface area contributed by atoms with Crippen LogP contribution in [0, 0.1) is 17.3 Å². The van der Waals surface area contributed by atoms with E-state index in [1.165, 1.54) is 44.9 Å². The minimum absolute atomic E-state index is 0.532. The molecule has 0 aromatic carbocycles. The van der Waals surface area contributed by atoms with Gasteiger partial charge < -0.3 is 0 Å². The highest BCUT2D eigenvalue weighted by atomic mass is 14.3. The van der Waals surface area contributed by atoms with Crippen LogP contribution in [0.15, 0.2) is 0 Å². The van der Waals surface area contributed by atoms with Crippen molar-refractivity contribution < 1.29 is 0 Å². The molecule has 0 heteroatoms. The van der Waals surface area contributed by atoms with Crippen LogP contribution in [0.3, 0.4) is 0 Å². The summed E-state index contributed by atoms with van der Waals surface area (Å²) in [6.45, 7) is 9.58. The lowest BCUT2D eigenvalue weighted by molar-refractivity contribution is 0.145. The molecular weight excluding hydrogens is 168 g/mol. The van der Waals surface area contributed by atoms with Gasteiger partial charge in [-0.15, -0.1) is 0 Å². The van der Waals surface area contributed by atoms with Gasteiger partial charge in [-0.25, -0.2) is 0 Å². The van der Waals surface area contributed by atoms with E-state index in [2.05, 4.69) is 27.7 Å². The highest BCUT2D eigenvalue weighted by Crippen LogP contribution is 2.40. The monoisotopic (exact) mass is 196 g/mol. The van der Waals surface area contributed by atoms with Crippen LogP contribution < -0.4 is 0 Å². The molecule has 0 amide bonds. The van der Waals surface area contributed by atoms with E-state index in [9.17, 15) is 0 Å². The molecule has 0 saturated heterocycles. The molecule has 1 saturated carbocycles. The van der Waals surface area contributed by atoms with Crippen LogP contribution in [-0.4, -0.2) is 0 Å². The third-order valence-corrected chi connectivity index (χ3v) is 3.97. The van der Waals surface area contributed by atoms with Crippen LogP contribution in [0.5, 0.6) is 0 Å². The molecule has 0 aromatic heterocycles. The second-order valence-corrected chi connectivity index (χ2v) is 6.24. The molecule has 14 heavy (non-hydrogen) atoms. The summed E-state index contributed by atoms with van der Waals surface area (Å²) >= 11 is 0. The molecule has 0 nitrogen and oxygen atoms in total. The molecule has 0 N–H and O–H groups in total. The van der Waals surface area contributed by atoms with E-state index < -0.39 is 0 Å². The third kappa shape index (κ3) is 3.63. The Bertz CT molecular complexity index is 148. The molecule has 0 heterocycles. The Morgan fingerprint density at radius 3 is 2.21 bits per heavy atom. The zero-order valence-electron chi connectivity index (χ0n) is 10.6. The summed E-state index contributed by atoms with van der Waals surface area (Å²) in [6.07, 6.45) is 10.3. The van der Waals surface area contributed by atoms with Gasteiger partial charge in [0.15, 0.2) is 0 Å². The van der Waals surface area contributed by atoms with Crippen LogP contribution >= 0.6 is 0 Å². The Hall–Kier alpha value is 0. The van der Waals surface area contributed by atoms with Crippen LogP contribution in [-0.2, 0) is 0 Å². The maximum Gasteiger partial charge on any atom is -0.0354 e. The molecule has 1 rings (SSSR count). The summed E-state index contributed by atoms with van der Waals surface area (Å²) in [5.74, 6) is 2.05. The fraction of sp³-hybridized carbons (Fsp3) is 1.00. The average Bonchev–Trinajstić information content (AvgIpc) is 1.99. The van der Waals surface area contributed by atoms with Crippen molar-refractivity contribution in [3.05, 3.63) is 0 Å². The molecule has 0 bridgehead atoms. The summed E-state index contributed by atoms with van der Waals surface area (Å²) in [7, 11) is 0. The SMILES string of the molecule is CCCCC(CC1CCC1)C(C)(C)C. The average molecular weight is 196 g/mol. The fourth-order valence-corrected chi connectivity index (χ4v) is 2.49. The van der Waals surface area contributed by atoms with Crippen LogP contribution in [0.1, 0.15) is 72.6 Å². The molecule has 0 radical (unpaired) electrons. The first-order valence-electron chi connectivity index (χ1n) is 6.54. The summed E-state index contributed by atoms with van der Waals surface area (Å²) in [6, 6.07) is 0. The topological polar surface area (TPSA) is 0 Å². The van der Waals surface area contributed by atoms with Crippen LogP contribution in [0.4, 0.5) is 0 Å². The fourth-order valence-electron chi connectivity index (χ4n) is 2.49. The summed E-state index contributed by atoms with van der Waals surface area (Å²) in [4.78, 5) is 0. The van der Waals surface area contributed by atoms with Gasteiger partial charge in [-0.05, 0) is 30.1 Å². The zero-order valence-corrected chi connectivity index (χ0v) is 10.6. The first kappa shape index (κ1) is 12.1. The van der Waals surface area contributed by atoms with Crippen molar-refractivity contribution in [2.24, 2.45) is 17.3 Å². The number of rotatable bonds is 5. The number of hydrogen-bond acceptors (Lipinski definition) is 0. The second kappa shape index (κ2) is 5.19. The molecule has 1 aliphatic rings. The molecule has 1 fully saturated rings. The van der Waals surface area contributed by atoms with E-state index in [0.29, 0.717) is 5.41 Å². The lowest BCUT2D eigenvalue weighted by Gasteiger charge is -2.37. The first-order chi connectivity index (χ1) is 6.54. The van der Waals surface area contributed by atoms with Crippen molar-refractivity contribution in [1.82, 2.24) is 0 Å². The van der Waals surface area contributed by atoms with Gasteiger partial charge in [-0.3, -0.25) is 0 Å². The van der Waals surface area contributed by atoms with Gasteiger partial charge in [-0.1, -0.05) is 59.8 Å². The largest absolute Gasteiger partial charge is 0.0654 e. The van der Waals surface area contributed by atoms with E-state index >= 15 is 0 Å². The molecule has 1 unspecified atom stereocenters. The normalized spacial score (nSPS) is 20.6. The summed E-state index contributed by atoms with van der Waals surface area (Å²) in [5.41, 5.74) is 0.532. The minimum Gasteiger partial charge on any atom is -0.0654 e. The van der Waals surface area contributed by atoms with Gasteiger partial charge in [0.25, 0.3) is 0 Å². The predicted molar refractivity (Wildman–Crippen MR) is 64.4 cm³/mol. The van der Waals surface area contributed by atoms with Crippen molar-refractivity contribution in [2.45, 2.75) is 72.6 Å². The van der Waals surface area contributed by atoms with Crippen LogP contribution in [0.2, 0.25) is 0 Å². The van der Waals surface area contributed by atoms with Crippen molar-refractivity contribution >= 4 is 0 Å². The minimum atomic E-state index is 0.532. The quantitative estimate of drug-likeness (QED) is 0.578. The van der Waals surface area contributed by atoms with E-state index in [-0.39, 0.29) is 0 Å². The lowest BCUT2D eigenvalue weighted by Crippen LogP contribution is -2.25. The van der Waals surface area contributed by atoms with Crippen molar-refractivity contribution in [2.75, 3.05) is 0 Å². The highest BCUT2D eigenvalue weighted by molar-refractivity contribution is 4.80. The highest BCUT2D eigenvalue weighted by Gasteiger charge is 2.29. The molecule has 1 atom stereocenters. The number of hydrogen-bond donors (Lipinski definition) is 0. The van der Waals surface area contributed by atoms with Gasteiger partial charge in [0.05, 0.1) is 0 Å². The smallest absolute Gasteiger partial charge is 0.0354 e. The van der Waals surface area contributed by atoms with Gasteiger partial charge >= 0.3 is 0 Å². The van der Waals surface area contributed by atoms with E-state index in [0.717, 1.165) is 11.8 Å². The molecule has 0 aliphatic heterocycles. The summed E-state index contributed by atoms with van der Waals surface area (Å²) in [5, 5.41) is 0. The Morgan fingerprint density at radius 1 is 1.21 bits per heavy atom. The predicted octanol–water partition coefficient (Wildman–Crippen LogP) is 5.03. The lowest BCUT2D eigenvalue weighted by atomic mass is 9.69. The van der Waals surface area contributed by atoms with E-state index in [1.54, 1.807) is 0 Å². The standard InChI is InChI=1S/C14H28/c1-5-6-10-13(14(2,3)4)11-12-8-7-9-12/h12-13H,5-11H2,1-4H3. The van der Waals surface area contributed by atoms with Crippen molar-refractivity contribution in [3.8, 4) is 0 Å². The molecule has 0 spiro atoms. The zero-order chi connectivity index (χ0) is 10.6. The second-order valence-electron chi connectivity index (χ2n) is 6.24. The van der Waals surface area contributed by atoms with Gasteiger partial charge in [0.1, 0.15) is 0 Å². The van der Waals surface area contributed by atoms with Crippen molar-refractivity contribution in [1.29, 1.82) is 0 Å². The van der Waals surface area contributed by atoms with Crippen LogP contribution in [0.25, 0.3) is 0 Å². The maximum atomic E-state index is 2.42. The van der Waals surface area contributed by atoms with Gasteiger partial charge in [-0.2, -0.15) is 0 Å². The van der Waals surface area contributed by atoms with E-state index in [4.69, 9.17) is 0 Å². The van der Waals surface area contributed by atoms with E-state index in [1.807, 2.05) is 0 Å². The Morgan fingerprint density at radius 2 is 1.86 bits per heavy atom. The molecule has 0 aromatic rings. The Kier molecular flexibility index (Phi) is 4.47. The maximum absolute atomic E-state index is 2.42. The number of unbranched alkanes of at least 4 members (excludes halogenated alkanes) is 1.